The third-order valence-electron chi connectivity index (χ3n) is 4.04. The second kappa shape index (κ2) is 6.82. The van der Waals surface area contributed by atoms with Crippen molar-refractivity contribution in [2.75, 3.05) is 0 Å². The number of esters is 1. The number of carbonyl (C=O) groups excluding carboxylic acids is 2. The number of allylic oxidation sites excluding steroid dienone is 1. The molecule has 0 aliphatic carbocycles. The maximum absolute atomic E-state index is 14.0. The summed E-state index contributed by atoms with van der Waals surface area (Å²) >= 11 is 6.01. The van der Waals surface area contributed by atoms with Gasteiger partial charge in [0, 0.05) is 11.6 Å². The zero-order valence-electron chi connectivity index (χ0n) is 15.4. The molecule has 0 atom stereocenters. The summed E-state index contributed by atoms with van der Waals surface area (Å²) in [5, 5.41) is 0.173. The van der Waals surface area contributed by atoms with E-state index in [9.17, 15) is 14.0 Å². The normalized spacial score (nSPS) is 14.9. The SMILES string of the molecule is Cc1cc(OC(=O)C(C)(C)C)cc2c1C(=O)/C(=C/c1c(F)cccc1Cl)O2. The number of halogens is 2. The Balaban J connectivity index is 1.97. The predicted octanol–water partition coefficient (Wildman–Crippen LogP) is 5.36. The van der Waals surface area contributed by atoms with Crippen LogP contribution in [0.2, 0.25) is 5.02 Å². The third kappa shape index (κ3) is 3.74. The van der Waals surface area contributed by atoms with Crippen LogP contribution >= 0.6 is 11.6 Å². The van der Waals surface area contributed by atoms with E-state index in [1.54, 1.807) is 33.8 Å². The van der Waals surface area contributed by atoms with Crippen molar-refractivity contribution in [2.45, 2.75) is 27.7 Å². The number of carbonyl (C=O) groups is 2. The minimum absolute atomic E-state index is 0.0422. The van der Waals surface area contributed by atoms with Gasteiger partial charge in [0.05, 0.1) is 16.0 Å². The van der Waals surface area contributed by atoms with Crippen LogP contribution in [0.25, 0.3) is 6.08 Å². The molecule has 0 bridgehead atoms. The molecular formula is C21H18ClFO4. The smallest absolute Gasteiger partial charge is 0.316 e. The lowest BCUT2D eigenvalue weighted by Crippen LogP contribution is -2.25. The first-order valence-electron chi connectivity index (χ1n) is 8.33. The molecule has 0 unspecified atom stereocenters. The van der Waals surface area contributed by atoms with E-state index >= 15 is 0 Å². The van der Waals surface area contributed by atoms with Gasteiger partial charge < -0.3 is 9.47 Å². The standard InChI is InChI=1S/C21H18ClFO4/c1-11-8-12(26-20(25)21(2,3)4)9-16-18(11)19(24)17(27-16)10-13-14(22)6-5-7-15(13)23/h5-10H,1-4H3/b17-10-. The zero-order chi connectivity index (χ0) is 19.9. The van der Waals surface area contributed by atoms with Crippen LogP contribution < -0.4 is 9.47 Å². The number of aryl methyl sites for hydroxylation is 1. The molecule has 3 rings (SSSR count). The summed E-state index contributed by atoms with van der Waals surface area (Å²) in [7, 11) is 0. The highest BCUT2D eigenvalue weighted by Crippen LogP contribution is 2.38. The van der Waals surface area contributed by atoms with Gasteiger partial charge in [0.2, 0.25) is 5.78 Å². The average Bonchev–Trinajstić information content (AvgIpc) is 2.86. The molecule has 0 amide bonds. The molecular weight excluding hydrogens is 371 g/mol. The van der Waals surface area contributed by atoms with Gasteiger partial charge in [0.15, 0.2) is 5.76 Å². The monoisotopic (exact) mass is 388 g/mol. The molecule has 6 heteroatoms. The highest BCUT2D eigenvalue weighted by molar-refractivity contribution is 6.32. The van der Waals surface area contributed by atoms with Crippen LogP contribution in [0.3, 0.4) is 0 Å². The number of hydrogen-bond acceptors (Lipinski definition) is 4. The molecule has 1 aliphatic rings. The molecule has 2 aromatic rings. The summed E-state index contributed by atoms with van der Waals surface area (Å²) in [5.41, 5.74) is 0.352. The third-order valence-corrected chi connectivity index (χ3v) is 4.37. The topological polar surface area (TPSA) is 52.6 Å². The molecule has 0 spiro atoms. The van der Waals surface area contributed by atoms with Crippen LogP contribution in [-0.2, 0) is 4.79 Å². The van der Waals surface area contributed by atoms with E-state index in [-0.39, 0.29) is 33.6 Å². The van der Waals surface area contributed by atoms with Crippen LogP contribution in [0.1, 0.15) is 42.3 Å². The van der Waals surface area contributed by atoms with E-state index in [0.717, 1.165) is 0 Å². The number of Topliss-reactive ketones (excluding diaryl/α,β-unsaturated/α-hetero) is 1. The fraction of sp³-hybridized carbons (Fsp3) is 0.238. The Hall–Kier alpha value is -2.66. The van der Waals surface area contributed by atoms with Gasteiger partial charge >= 0.3 is 5.97 Å². The Morgan fingerprint density at radius 3 is 2.59 bits per heavy atom. The lowest BCUT2D eigenvalue weighted by Gasteiger charge is -2.16. The molecule has 140 valence electrons. The highest BCUT2D eigenvalue weighted by Gasteiger charge is 2.31. The van der Waals surface area contributed by atoms with Crippen molar-refractivity contribution >= 4 is 29.4 Å². The van der Waals surface area contributed by atoms with Crippen molar-refractivity contribution in [1.29, 1.82) is 0 Å². The maximum atomic E-state index is 14.0. The second-order valence-electron chi connectivity index (χ2n) is 7.33. The van der Waals surface area contributed by atoms with Crippen LogP contribution in [0.15, 0.2) is 36.1 Å². The Kier molecular flexibility index (Phi) is 4.82. The van der Waals surface area contributed by atoms with E-state index < -0.39 is 17.2 Å². The minimum Gasteiger partial charge on any atom is -0.452 e. The first-order valence-corrected chi connectivity index (χ1v) is 8.71. The minimum atomic E-state index is -0.670. The summed E-state index contributed by atoms with van der Waals surface area (Å²) < 4.78 is 25.0. The highest BCUT2D eigenvalue weighted by atomic mass is 35.5. The number of benzene rings is 2. The lowest BCUT2D eigenvalue weighted by molar-refractivity contribution is -0.143. The molecule has 2 aromatic carbocycles. The Labute approximate surface area is 161 Å². The Morgan fingerprint density at radius 1 is 1.26 bits per heavy atom. The molecule has 0 N–H and O–H groups in total. The molecule has 0 aromatic heterocycles. The zero-order valence-corrected chi connectivity index (χ0v) is 16.1. The van der Waals surface area contributed by atoms with Crippen LogP contribution in [0.4, 0.5) is 4.39 Å². The molecule has 0 saturated carbocycles. The largest absolute Gasteiger partial charge is 0.452 e. The lowest BCUT2D eigenvalue weighted by atomic mass is 9.97. The first-order chi connectivity index (χ1) is 12.6. The molecule has 1 aliphatic heterocycles. The Bertz CT molecular complexity index is 966. The van der Waals surface area contributed by atoms with Gasteiger partial charge in [-0.2, -0.15) is 0 Å². The van der Waals surface area contributed by atoms with E-state index in [2.05, 4.69) is 0 Å². The van der Waals surface area contributed by atoms with Gasteiger partial charge in [0.25, 0.3) is 0 Å². The summed E-state index contributed by atoms with van der Waals surface area (Å²) in [6, 6.07) is 7.33. The van der Waals surface area contributed by atoms with Crippen LogP contribution in [-0.4, -0.2) is 11.8 Å². The van der Waals surface area contributed by atoms with E-state index in [1.165, 1.54) is 30.3 Å². The average molecular weight is 389 g/mol. The number of ketones is 1. The summed E-state index contributed by atoms with van der Waals surface area (Å²) in [4.78, 5) is 24.8. The van der Waals surface area contributed by atoms with E-state index in [4.69, 9.17) is 21.1 Å². The van der Waals surface area contributed by atoms with E-state index in [0.29, 0.717) is 11.1 Å². The van der Waals surface area contributed by atoms with Crippen molar-refractivity contribution in [3.8, 4) is 11.5 Å². The summed E-state index contributed by atoms with van der Waals surface area (Å²) in [6.07, 6.45) is 1.28. The molecule has 4 nitrogen and oxygen atoms in total. The second-order valence-corrected chi connectivity index (χ2v) is 7.74. The predicted molar refractivity (Wildman–Crippen MR) is 101 cm³/mol. The molecule has 27 heavy (non-hydrogen) atoms. The van der Waals surface area contributed by atoms with Gasteiger partial charge in [-0.3, -0.25) is 9.59 Å². The molecule has 0 radical (unpaired) electrons. The fourth-order valence-corrected chi connectivity index (χ4v) is 2.79. The fourth-order valence-electron chi connectivity index (χ4n) is 2.58. The molecule has 0 fully saturated rings. The number of rotatable bonds is 2. The first kappa shape index (κ1) is 19.1. The van der Waals surface area contributed by atoms with Gasteiger partial charge in [-0.15, -0.1) is 0 Å². The van der Waals surface area contributed by atoms with Crippen LogP contribution in [0, 0.1) is 18.2 Å². The molecule has 1 heterocycles. The van der Waals surface area contributed by atoms with Crippen molar-refractivity contribution in [2.24, 2.45) is 5.41 Å². The quantitative estimate of drug-likeness (QED) is 0.395. The van der Waals surface area contributed by atoms with Crippen LogP contribution in [0.5, 0.6) is 11.5 Å². The summed E-state index contributed by atoms with van der Waals surface area (Å²) in [6.45, 7) is 6.95. The maximum Gasteiger partial charge on any atom is 0.316 e. The number of ether oxygens (including phenoxy) is 2. The van der Waals surface area contributed by atoms with Crippen molar-refractivity contribution in [3.63, 3.8) is 0 Å². The molecule has 0 saturated heterocycles. The number of hydrogen-bond donors (Lipinski definition) is 0. The van der Waals surface area contributed by atoms with Gasteiger partial charge in [-0.25, -0.2) is 4.39 Å². The Morgan fingerprint density at radius 2 is 1.96 bits per heavy atom. The van der Waals surface area contributed by atoms with Crippen molar-refractivity contribution < 1.29 is 23.5 Å². The van der Waals surface area contributed by atoms with Gasteiger partial charge in [0.1, 0.15) is 17.3 Å². The number of fused-ring (bicyclic) bond motifs is 1. The van der Waals surface area contributed by atoms with E-state index in [1.807, 2.05) is 0 Å². The summed E-state index contributed by atoms with van der Waals surface area (Å²) in [5.74, 6) is -0.839. The van der Waals surface area contributed by atoms with Gasteiger partial charge in [-0.05, 0) is 57.5 Å². The van der Waals surface area contributed by atoms with Gasteiger partial charge in [-0.1, -0.05) is 17.7 Å². The van der Waals surface area contributed by atoms with Crippen molar-refractivity contribution in [3.05, 3.63) is 63.6 Å². The van der Waals surface area contributed by atoms with Crippen molar-refractivity contribution in [1.82, 2.24) is 0 Å².